The van der Waals surface area contributed by atoms with E-state index in [1.54, 1.807) is 23.8 Å². The maximum absolute atomic E-state index is 12.9. The van der Waals surface area contributed by atoms with E-state index in [0.29, 0.717) is 27.3 Å². The van der Waals surface area contributed by atoms with Gasteiger partial charge < -0.3 is 9.47 Å². The molecule has 1 fully saturated rings. The summed E-state index contributed by atoms with van der Waals surface area (Å²) in [4.78, 5) is 16.2. The minimum absolute atomic E-state index is 0.130. The predicted molar refractivity (Wildman–Crippen MR) is 143 cm³/mol. The van der Waals surface area contributed by atoms with Crippen molar-refractivity contribution in [2.75, 3.05) is 24.4 Å². The van der Waals surface area contributed by atoms with Gasteiger partial charge in [0.05, 0.1) is 24.3 Å². The van der Waals surface area contributed by atoms with E-state index < -0.39 is 0 Å². The van der Waals surface area contributed by atoms with Gasteiger partial charge in [0.15, 0.2) is 15.8 Å². The minimum Gasteiger partial charge on any atom is -0.493 e. The molecule has 1 aliphatic heterocycles. The van der Waals surface area contributed by atoms with Crippen LogP contribution in [0.2, 0.25) is 5.02 Å². The van der Waals surface area contributed by atoms with E-state index in [2.05, 4.69) is 0 Å². The highest BCUT2D eigenvalue weighted by Gasteiger charge is 2.33. The lowest BCUT2D eigenvalue weighted by atomic mass is 10.2. The third-order valence-electron chi connectivity index (χ3n) is 4.72. The van der Waals surface area contributed by atoms with E-state index in [4.69, 9.17) is 33.3 Å². The van der Waals surface area contributed by atoms with Gasteiger partial charge in [-0.25, -0.2) is 0 Å². The molecule has 0 spiro atoms. The topological polar surface area (TPSA) is 38.8 Å². The zero-order chi connectivity index (χ0) is 23.2. The Bertz CT molecular complexity index is 1180. The monoisotopic (exact) mass is 513 g/mol. The maximum Gasteiger partial charge on any atom is 0.270 e. The first-order chi connectivity index (χ1) is 16.0. The number of carbonyl (C=O) groups is 1. The number of amides is 1. The Morgan fingerprint density at radius 3 is 2.55 bits per heavy atom. The average Bonchev–Trinajstić information content (AvgIpc) is 3.11. The molecule has 4 rings (SSSR count). The van der Waals surface area contributed by atoms with Gasteiger partial charge in [-0.1, -0.05) is 59.8 Å². The molecule has 0 bridgehead atoms. The van der Waals surface area contributed by atoms with Gasteiger partial charge in [-0.2, -0.15) is 0 Å². The van der Waals surface area contributed by atoms with E-state index in [-0.39, 0.29) is 5.91 Å². The quantitative estimate of drug-likeness (QED) is 0.141. The summed E-state index contributed by atoms with van der Waals surface area (Å²) < 4.78 is 11.9. The van der Waals surface area contributed by atoms with Crippen LogP contribution in [-0.4, -0.2) is 29.7 Å². The second-order valence-corrected chi connectivity index (χ2v) is 10.2. The fraction of sp³-hybridized carbons (Fsp3) is 0.120. The summed E-state index contributed by atoms with van der Waals surface area (Å²) >= 11 is 14.3. The summed E-state index contributed by atoms with van der Waals surface area (Å²) in [6, 6.07) is 22.8. The molecule has 4 nitrogen and oxygen atoms in total. The van der Waals surface area contributed by atoms with Gasteiger partial charge in [-0.15, -0.1) is 11.8 Å². The SMILES string of the molecule is COc1cc(C=C2SC(=S)N(c3ccccc3)C2=O)ccc1OCCSc1ccc(Cl)cc1. The third kappa shape index (κ3) is 5.92. The normalized spacial score (nSPS) is 14.7. The number of para-hydroxylation sites is 1. The minimum atomic E-state index is -0.130. The van der Waals surface area contributed by atoms with Crippen LogP contribution >= 0.6 is 47.3 Å². The number of rotatable bonds is 8. The Morgan fingerprint density at radius 2 is 1.82 bits per heavy atom. The van der Waals surface area contributed by atoms with Gasteiger partial charge in [-0.05, 0) is 60.2 Å². The summed E-state index contributed by atoms with van der Waals surface area (Å²) in [5.41, 5.74) is 1.60. The van der Waals surface area contributed by atoms with Crippen molar-refractivity contribution < 1.29 is 14.3 Å². The van der Waals surface area contributed by atoms with Crippen molar-refractivity contribution in [3.05, 3.63) is 88.3 Å². The molecule has 8 heteroatoms. The largest absolute Gasteiger partial charge is 0.493 e. The second kappa shape index (κ2) is 11.1. The number of benzene rings is 3. The Morgan fingerprint density at radius 1 is 1.06 bits per heavy atom. The van der Waals surface area contributed by atoms with E-state index in [0.717, 1.165) is 26.9 Å². The predicted octanol–water partition coefficient (Wildman–Crippen LogP) is 6.93. The highest BCUT2D eigenvalue weighted by Crippen LogP contribution is 2.37. The Kier molecular flexibility index (Phi) is 7.98. The van der Waals surface area contributed by atoms with Crippen LogP contribution in [-0.2, 0) is 4.79 Å². The fourth-order valence-electron chi connectivity index (χ4n) is 3.15. The van der Waals surface area contributed by atoms with Crippen LogP contribution in [0.1, 0.15) is 5.56 Å². The van der Waals surface area contributed by atoms with Gasteiger partial charge in [0, 0.05) is 15.7 Å². The van der Waals surface area contributed by atoms with Crippen LogP contribution in [0.5, 0.6) is 11.5 Å². The lowest BCUT2D eigenvalue weighted by Crippen LogP contribution is -2.27. The van der Waals surface area contributed by atoms with Crippen LogP contribution in [0.3, 0.4) is 0 Å². The van der Waals surface area contributed by atoms with Gasteiger partial charge in [-0.3, -0.25) is 9.69 Å². The number of carbonyl (C=O) groups excluding carboxylic acids is 1. The van der Waals surface area contributed by atoms with Crippen molar-refractivity contribution in [1.82, 2.24) is 0 Å². The van der Waals surface area contributed by atoms with Gasteiger partial charge in [0.2, 0.25) is 0 Å². The molecule has 3 aromatic carbocycles. The summed E-state index contributed by atoms with van der Waals surface area (Å²) in [7, 11) is 1.60. The van der Waals surface area contributed by atoms with Gasteiger partial charge in [0.25, 0.3) is 5.91 Å². The molecule has 168 valence electrons. The highest BCUT2D eigenvalue weighted by atomic mass is 35.5. The van der Waals surface area contributed by atoms with Crippen molar-refractivity contribution in [2.45, 2.75) is 4.90 Å². The van der Waals surface area contributed by atoms with Crippen LogP contribution < -0.4 is 14.4 Å². The number of methoxy groups -OCH3 is 1. The Hall–Kier alpha value is -2.45. The number of hydrogen-bond donors (Lipinski definition) is 0. The maximum atomic E-state index is 12.9. The molecule has 0 saturated carbocycles. The molecule has 0 atom stereocenters. The first-order valence-corrected chi connectivity index (χ1v) is 12.7. The molecule has 0 aromatic heterocycles. The molecule has 0 unspecified atom stereocenters. The van der Waals surface area contributed by atoms with Crippen molar-refractivity contribution in [1.29, 1.82) is 0 Å². The van der Waals surface area contributed by atoms with E-state index in [1.165, 1.54) is 11.8 Å². The molecule has 33 heavy (non-hydrogen) atoms. The molecule has 0 radical (unpaired) electrons. The summed E-state index contributed by atoms with van der Waals surface area (Å²) in [6.07, 6.45) is 1.82. The van der Waals surface area contributed by atoms with E-state index in [1.807, 2.05) is 78.9 Å². The second-order valence-electron chi connectivity index (χ2n) is 6.91. The zero-order valence-electron chi connectivity index (χ0n) is 17.7. The molecular formula is C25H20ClNO3S3. The third-order valence-corrected chi connectivity index (χ3v) is 7.25. The number of thioether (sulfide) groups is 2. The molecular weight excluding hydrogens is 494 g/mol. The lowest BCUT2D eigenvalue weighted by Gasteiger charge is -2.14. The van der Waals surface area contributed by atoms with Crippen LogP contribution in [0.4, 0.5) is 5.69 Å². The standard InChI is InChI=1S/C25H20ClNO3S3/c1-29-22-15-17(7-12-21(22)30-13-14-32-20-10-8-18(26)9-11-20)16-23-24(28)27(25(31)33-23)19-5-3-2-4-6-19/h2-12,15-16H,13-14H2,1H3. The summed E-state index contributed by atoms with van der Waals surface area (Å²) in [6.45, 7) is 0.527. The van der Waals surface area contributed by atoms with Gasteiger partial charge in [0.1, 0.15) is 0 Å². The number of hydrogen-bond acceptors (Lipinski definition) is 6. The lowest BCUT2D eigenvalue weighted by molar-refractivity contribution is -0.113. The van der Waals surface area contributed by atoms with Crippen molar-refractivity contribution in [3.8, 4) is 11.5 Å². The first-order valence-electron chi connectivity index (χ1n) is 10.1. The molecule has 1 aliphatic rings. The Balaban J connectivity index is 1.41. The van der Waals surface area contributed by atoms with Crippen LogP contribution in [0, 0.1) is 0 Å². The zero-order valence-corrected chi connectivity index (χ0v) is 20.9. The fourth-order valence-corrected chi connectivity index (χ4v) is 5.31. The van der Waals surface area contributed by atoms with Crippen molar-refractivity contribution in [3.63, 3.8) is 0 Å². The number of anilines is 1. The van der Waals surface area contributed by atoms with Gasteiger partial charge >= 0.3 is 0 Å². The Labute approximate surface area is 211 Å². The summed E-state index contributed by atoms with van der Waals surface area (Å²) in [5, 5.41) is 0.725. The van der Waals surface area contributed by atoms with Crippen molar-refractivity contribution >= 4 is 69.3 Å². The molecule has 0 aliphatic carbocycles. The van der Waals surface area contributed by atoms with Crippen LogP contribution in [0.15, 0.2) is 82.6 Å². The number of thiocarbonyl (C=S) groups is 1. The average molecular weight is 514 g/mol. The molecule has 1 heterocycles. The molecule has 3 aromatic rings. The smallest absolute Gasteiger partial charge is 0.270 e. The highest BCUT2D eigenvalue weighted by molar-refractivity contribution is 8.27. The molecule has 1 saturated heterocycles. The van der Waals surface area contributed by atoms with Crippen LogP contribution in [0.25, 0.3) is 6.08 Å². The van der Waals surface area contributed by atoms with Crippen molar-refractivity contribution in [2.24, 2.45) is 0 Å². The molecule has 1 amide bonds. The number of ether oxygens (including phenoxy) is 2. The van der Waals surface area contributed by atoms with E-state index in [9.17, 15) is 4.79 Å². The number of halogens is 1. The summed E-state index contributed by atoms with van der Waals surface area (Å²) in [5.74, 6) is 1.92. The number of nitrogens with zero attached hydrogens (tertiary/aromatic N) is 1. The first kappa shape index (κ1) is 23.7. The molecule has 0 N–H and O–H groups in total. The van der Waals surface area contributed by atoms with E-state index >= 15 is 0 Å².